The van der Waals surface area contributed by atoms with Crippen LogP contribution in [0.1, 0.15) is 51.9 Å². The summed E-state index contributed by atoms with van der Waals surface area (Å²) in [6.07, 6.45) is 13.3. The summed E-state index contributed by atoms with van der Waals surface area (Å²) in [6, 6.07) is 0. The summed E-state index contributed by atoms with van der Waals surface area (Å²) >= 11 is 0. The van der Waals surface area contributed by atoms with Crippen molar-refractivity contribution in [3.63, 3.8) is 0 Å². The van der Waals surface area contributed by atoms with Crippen LogP contribution in [0.15, 0.2) is 12.2 Å². The fourth-order valence-electron chi connectivity index (χ4n) is 1.34. The zero-order valence-corrected chi connectivity index (χ0v) is 11.3. The van der Waals surface area contributed by atoms with Gasteiger partial charge >= 0.3 is 0 Å². The van der Waals surface area contributed by atoms with Gasteiger partial charge in [0.25, 0.3) is 10.1 Å². The van der Waals surface area contributed by atoms with Crippen LogP contribution in [0.5, 0.6) is 0 Å². The maximum absolute atomic E-state index is 10.6. The minimum Gasteiger partial charge on any atom is -0.270 e. The number of allylic oxidation sites excluding steroid dienone is 2. The van der Waals surface area contributed by atoms with Gasteiger partial charge in [-0.1, -0.05) is 38.3 Å². The predicted octanol–water partition coefficient (Wildman–Crippen LogP) is 3.27. The molecule has 4 heteroatoms. The monoisotopic (exact) mass is 248 g/mol. The van der Waals surface area contributed by atoms with E-state index in [4.69, 9.17) is 0 Å². The lowest BCUT2D eigenvalue weighted by Gasteiger charge is -1.98. The van der Waals surface area contributed by atoms with Gasteiger partial charge in [-0.3, -0.25) is 4.18 Å². The molecule has 96 valence electrons. The molecule has 0 saturated heterocycles. The lowest BCUT2D eigenvalue weighted by atomic mass is 10.1. The van der Waals surface area contributed by atoms with Crippen molar-refractivity contribution in [2.45, 2.75) is 51.9 Å². The number of rotatable bonds is 10. The van der Waals surface area contributed by atoms with E-state index in [1.54, 1.807) is 0 Å². The Morgan fingerprint density at radius 1 is 1.00 bits per heavy atom. The zero-order chi connectivity index (χ0) is 12.3. The normalized spacial score (nSPS) is 12.4. The van der Waals surface area contributed by atoms with E-state index in [1.807, 2.05) is 0 Å². The molecule has 3 nitrogen and oxygen atoms in total. The lowest BCUT2D eigenvalue weighted by molar-refractivity contribution is 0.317. The second kappa shape index (κ2) is 9.85. The summed E-state index contributed by atoms with van der Waals surface area (Å²) in [5.74, 6) is 0. The second-order valence-corrected chi connectivity index (χ2v) is 5.63. The summed E-state index contributed by atoms with van der Waals surface area (Å²) in [5.41, 5.74) is 0. The topological polar surface area (TPSA) is 43.4 Å². The summed E-state index contributed by atoms with van der Waals surface area (Å²) in [6.45, 7) is 2.50. The van der Waals surface area contributed by atoms with Gasteiger partial charge in [-0.25, -0.2) is 0 Å². The van der Waals surface area contributed by atoms with Gasteiger partial charge in [0.15, 0.2) is 0 Å². The van der Waals surface area contributed by atoms with Gasteiger partial charge in [0, 0.05) is 0 Å². The van der Waals surface area contributed by atoms with Gasteiger partial charge in [0.2, 0.25) is 0 Å². The van der Waals surface area contributed by atoms with Crippen molar-refractivity contribution >= 4 is 10.1 Å². The van der Waals surface area contributed by atoms with Gasteiger partial charge in [0.1, 0.15) is 0 Å². The maximum atomic E-state index is 10.6. The molecule has 0 heterocycles. The van der Waals surface area contributed by atoms with Crippen LogP contribution in [0.25, 0.3) is 0 Å². The smallest absolute Gasteiger partial charge is 0.264 e. The Hall–Kier alpha value is -0.350. The highest BCUT2D eigenvalue weighted by Crippen LogP contribution is 2.04. The predicted molar refractivity (Wildman–Crippen MR) is 67.9 cm³/mol. The standard InChI is InChI=1S/C12H24O3S/c1-3-4-5-6-7-8-9-10-11-12-15-16(2,13)14/h8-9H,3-7,10-12H2,1-2H3/b9-8-. The Balaban J connectivity index is 3.22. The van der Waals surface area contributed by atoms with Crippen molar-refractivity contribution in [3.8, 4) is 0 Å². The van der Waals surface area contributed by atoms with Gasteiger partial charge in [-0.2, -0.15) is 8.42 Å². The van der Waals surface area contributed by atoms with Crippen molar-refractivity contribution < 1.29 is 12.6 Å². The van der Waals surface area contributed by atoms with E-state index >= 15 is 0 Å². The van der Waals surface area contributed by atoms with E-state index in [0.29, 0.717) is 6.61 Å². The van der Waals surface area contributed by atoms with Gasteiger partial charge < -0.3 is 0 Å². The molecule has 0 radical (unpaired) electrons. The van der Waals surface area contributed by atoms with E-state index in [9.17, 15) is 8.42 Å². The molecule has 0 unspecified atom stereocenters. The molecule has 0 rings (SSSR count). The molecule has 0 aromatic rings. The Kier molecular flexibility index (Phi) is 9.63. The van der Waals surface area contributed by atoms with Gasteiger partial charge in [-0.05, 0) is 25.7 Å². The molecule has 0 aliphatic carbocycles. The number of hydrogen-bond acceptors (Lipinski definition) is 3. The SMILES string of the molecule is CCCCCC/C=C\CCCOS(C)(=O)=O. The molecular formula is C12H24O3S. The quantitative estimate of drug-likeness (QED) is 0.338. The van der Waals surface area contributed by atoms with Crippen LogP contribution < -0.4 is 0 Å². The summed E-state index contributed by atoms with van der Waals surface area (Å²) in [4.78, 5) is 0. The molecule has 16 heavy (non-hydrogen) atoms. The Labute approximate surface area is 100 Å². The zero-order valence-electron chi connectivity index (χ0n) is 10.4. The van der Waals surface area contributed by atoms with Crippen LogP contribution in [-0.2, 0) is 14.3 Å². The highest BCUT2D eigenvalue weighted by Gasteiger charge is 1.98. The van der Waals surface area contributed by atoms with Crippen molar-refractivity contribution in [2.24, 2.45) is 0 Å². The Morgan fingerprint density at radius 3 is 2.19 bits per heavy atom. The molecule has 0 atom stereocenters. The van der Waals surface area contributed by atoms with Crippen molar-refractivity contribution in [1.82, 2.24) is 0 Å². The molecule has 0 saturated carbocycles. The molecule has 0 aliphatic rings. The number of hydrogen-bond donors (Lipinski definition) is 0. The average molecular weight is 248 g/mol. The van der Waals surface area contributed by atoms with E-state index < -0.39 is 10.1 Å². The molecule has 0 aromatic carbocycles. The van der Waals surface area contributed by atoms with Gasteiger partial charge in [0.05, 0.1) is 12.9 Å². The Bertz CT molecular complexity index is 268. The van der Waals surface area contributed by atoms with Crippen molar-refractivity contribution in [1.29, 1.82) is 0 Å². The third kappa shape index (κ3) is 13.7. The Morgan fingerprint density at radius 2 is 1.62 bits per heavy atom. The minimum atomic E-state index is -3.26. The molecule has 0 amide bonds. The van der Waals surface area contributed by atoms with Crippen LogP contribution >= 0.6 is 0 Å². The van der Waals surface area contributed by atoms with Crippen molar-refractivity contribution in [3.05, 3.63) is 12.2 Å². The largest absolute Gasteiger partial charge is 0.270 e. The summed E-state index contributed by atoms with van der Waals surface area (Å²) in [5, 5.41) is 0. The van der Waals surface area contributed by atoms with Crippen LogP contribution in [0.2, 0.25) is 0 Å². The molecule has 0 N–H and O–H groups in total. The fourth-order valence-corrected chi connectivity index (χ4v) is 1.76. The summed E-state index contributed by atoms with van der Waals surface area (Å²) in [7, 11) is -3.26. The van der Waals surface area contributed by atoms with Crippen LogP contribution in [0.4, 0.5) is 0 Å². The third-order valence-corrected chi connectivity index (χ3v) is 2.80. The average Bonchev–Trinajstić information content (AvgIpc) is 2.19. The third-order valence-electron chi connectivity index (χ3n) is 2.20. The molecule has 0 aromatic heterocycles. The van der Waals surface area contributed by atoms with Crippen molar-refractivity contribution in [2.75, 3.05) is 12.9 Å². The first kappa shape index (κ1) is 15.7. The highest BCUT2D eigenvalue weighted by molar-refractivity contribution is 7.85. The highest BCUT2D eigenvalue weighted by atomic mass is 32.2. The van der Waals surface area contributed by atoms with E-state index in [1.165, 1.54) is 25.7 Å². The minimum absolute atomic E-state index is 0.291. The maximum Gasteiger partial charge on any atom is 0.264 e. The first-order valence-corrected chi connectivity index (χ1v) is 7.87. The van der Waals surface area contributed by atoms with E-state index in [2.05, 4.69) is 23.3 Å². The molecule has 0 fully saturated rings. The lowest BCUT2D eigenvalue weighted by Crippen LogP contribution is -2.03. The molecule has 0 bridgehead atoms. The van der Waals surface area contributed by atoms with E-state index in [-0.39, 0.29) is 0 Å². The first-order valence-electron chi connectivity index (χ1n) is 6.05. The molecule has 0 spiro atoms. The van der Waals surface area contributed by atoms with Crippen LogP contribution in [-0.4, -0.2) is 21.3 Å². The number of unbranched alkanes of at least 4 members (excludes halogenated alkanes) is 5. The van der Waals surface area contributed by atoms with Gasteiger partial charge in [-0.15, -0.1) is 0 Å². The van der Waals surface area contributed by atoms with Crippen LogP contribution in [0.3, 0.4) is 0 Å². The fraction of sp³-hybridized carbons (Fsp3) is 0.833. The molecular weight excluding hydrogens is 224 g/mol. The molecule has 0 aliphatic heterocycles. The second-order valence-electron chi connectivity index (χ2n) is 3.99. The van der Waals surface area contributed by atoms with Crippen LogP contribution in [0, 0.1) is 0 Å². The first-order chi connectivity index (χ1) is 7.56. The van der Waals surface area contributed by atoms with E-state index in [0.717, 1.165) is 25.5 Å². The summed E-state index contributed by atoms with van der Waals surface area (Å²) < 4.78 is 25.9.